The second-order valence-electron chi connectivity index (χ2n) is 3.87. The largest absolute Gasteiger partial charge is 0.478 e. The zero-order valence-electron chi connectivity index (χ0n) is 9.75. The van der Waals surface area contributed by atoms with Crippen LogP contribution in [0.25, 0.3) is 0 Å². The van der Waals surface area contributed by atoms with E-state index in [0.29, 0.717) is 18.2 Å². The molecule has 2 aromatic rings. The van der Waals surface area contributed by atoms with Crippen molar-refractivity contribution >= 4 is 17.3 Å². The van der Waals surface area contributed by atoms with Crippen molar-refractivity contribution in [2.24, 2.45) is 0 Å². The number of anilines is 2. The molecule has 2 N–H and O–H groups in total. The van der Waals surface area contributed by atoms with Crippen molar-refractivity contribution in [2.75, 3.05) is 5.32 Å². The van der Waals surface area contributed by atoms with E-state index in [1.54, 1.807) is 0 Å². The van der Waals surface area contributed by atoms with E-state index in [9.17, 15) is 22.4 Å². The Hall–Kier alpha value is -2.57. The predicted molar refractivity (Wildman–Crippen MR) is 63.0 cm³/mol. The average Bonchev–Trinajstić information content (AvgIpc) is 2.36. The molecule has 0 aliphatic heterocycles. The summed E-state index contributed by atoms with van der Waals surface area (Å²) in [6.45, 7) is 0. The van der Waals surface area contributed by atoms with E-state index in [2.05, 4.69) is 5.32 Å². The molecule has 0 heterocycles. The molecule has 3 nitrogen and oxygen atoms in total. The lowest BCUT2D eigenvalue weighted by molar-refractivity contribution is 0.0697. The molecule has 0 aromatic heterocycles. The normalized spacial score (nSPS) is 10.4. The number of halogens is 4. The zero-order chi connectivity index (χ0) is 14.9. The van der Waals surface area contributed by atoms with Gasteiger partial charge in [0.05, 0.1) is 16.9 Å². The van der Waals surface area contributed by atoms with Gasteiger partial charge in [-0.15, -0.1) is 0 Å². The number of carbonyl (C=O) groups is 1. The zero-order valence-corrected chi connectivity index (χ0v) is 9.75. The second-order valence-corrected chi connectivity index (χ2v) is 3.87. The second kappa shape index (κ2) is 5.20. The van der Waals surface area contributed by atoms with Gasteiger partial charge in [0.15, 0.2) is 11.6 Å². The molecule has 2 rings (SSSR count). The van der Waals surface area contributed by atoms with Gasteiger partial charge in [-0.1, -0.05) is 0 Å². The maximum atomic E-state index is 13.4. The number of benzene rings is 2. The van der Waals surface area contributed by atoms with Gasteiger partial charge in [0.25, 0.3) is 0 Å². The van der Waals surface area contributed by atoms with Crippen LogP contribution in [0.4, 0.5) is 28.9 Å². The van der Waals surface area contributed by atoms with E-state index in [0.717, 1.165) is 12.1 Å². The molecule has 0 aliphatic rings. The molecule has 0 amide bonds. The number of nitrogens with one attached hydrogen (secondary N) is 1. The SMILES string of the molecule is O=C(O)c1cc(F)c(F)cc1Nc1ccc(F)cc1F. The highest BCUT2D eigenvalue weighted by Crippen LogP contribution is 2.26. The third-order valence-corrected chi connectivity index (χ3v) is 2.49. The summed E-state index contributed by atoms with van der Waals surface area (Å²) < 4.78 is 52.3. The maximum absolute atomic E-state index is 13.4. The van der Waals surface area contributed by atoms with Crippen LogP contribution < -0.4 is 5.32 Å². The van der Waals surface area contributed by atoms with E-state index in [4.69, 9.17) is 5.11 Å². The number of carboxylic acid groups (broad SMARTS) is 1. The van der Waals surface area contributed by atoms with Crippen LogP contribution in [-0.4, -0.2) is 11.1 Å². The molecule has 2 aromatic carbocycles. The summed E-state index contributed by atoms with van der Waals surface area (Å²) >= 11 is 0. The topological polar surface area (TPSA) is 49.3 Å². The van der Waals surface area contributed by atoms with Crippen LogP contribution in [0.15, 0.2) is 30.3 Å². The quantitative estimate of drug-likeness (QED) is 0.846. The molecular formula is C13H7F4NO2. The Morgan fingerprint density at radius 1 is 0.900 bits per heavy atom. The van der Waals surface area contributed by atoms with Gasteiger partial charge in [0.2, 0.25) is 0 Å². The van der Waals surface area contributed by atoms with Gasteiger partial charge in [-0.25, -0.2) is 22.4 Å². The lowest BCUT2D eigenvalue weighted by Gasteiger charge is -2.11. The molecule has 0 bridgehead atoms. The predicted octanol–water partition coefficient (Wildman–Crippen LogP) is 3.68. The van der Waals surface area contributed by atoms with E-state index < -0.39 is 34.8 Å². The molecule has 0 radical (unpaired) electrons. The first kappa shape index (κ1) is 13.9. The number of rotatable bonds is 3. The average molecular weight is 285 g/mol. The highest BCUT2D eigenvalue weighted by atomic mass is 19.2. The fourth-order valence-corrected chi connectivity index (χ4v) is 1.56. The molecule has 0 aliphatic carbocycles. The summed E-state index contributed by atoms with van der Waals surface area (Å²) in [4.78, 5) is 10.9. The lowest BCUT2D eigenvalue weighted by atomic mass is 10.1. The Bertz CT molecular complexity index is 688. The van der Waals surface area contributed by atoms with Gasteiger partial charge >= 0.3 is 5.97 Å². The summed E-state index contributed by atoms with van der Waals surface area (Å²) in [6.07, 6.45) is 0. The minimum absolute atomic E-state index is 0.264. The van der Waals surface area contributed by atoms with E-state index in [1.807, 2.05) is 0 Å². The van der Waals surface area contributed by atoms with Crippen molar-refractivity contribution < 1.29 is 27.5 Å². The highest BCUT2D eigenvalue weighted by molar-refractivity contribution is 5.95. The van der Waals surface area contributed by atoms with Crippen LogP contribution in [0, 0.1) is 23.3 Å². The van der Waals surface area contributed by atoms with Gasteiger partial charge in [-0.05, 0) is 18.2 Å². The number of carboxylic acids is 1. The van der Waals surface area contributed by atoms with Gasteiger partial charge in [0.1, 0.15) is 11.6 Å². The highest BCUT2D eigenvalue weighted by Gasteiger charge is 2.16. The summed E-state index contributed by atoms with van der Waals surface area (Å²) in [5.74, 6) is -5.97. The monoisotopic (exact) mass is 285 g/mol. The van der Waals surface area contributed by atoms with Gasteiger partial charge in [-0.2, -0.15) is 0 Å². The van der Waals surface area contributed by atoms with Crippen molar-refractivity contribution in [3.8, 4) is 0 Å². The van der Waals surface area contributed by atoms with Crippen molar-refractivity contribution in [3.63, 3.8) is 0 Å². The van der Waals surface area contributed by atoms with E-state index in [-0.39, 0.29) is 11.4 Å². The molecule has 0 fully saturated rings. The molecule has 104 valence electrons. The Morgan fingerprint density at radius 2 is 1.55 bits per heavy atom. The molecule has 7 heteroatoms. The fourth-order valence-electron chi connectivity index (χ4n) is 1.56. The van der Waals surface area contributed by atoms with Crippen LogP contribution in [-0.2, 0) is 0 Å². The Balaban J connectivity index is 2.47. The minimum Gasteiger partial charge on any atom is -0.478 e. The number of aromatic carboxylic acids is 1. The minimum atomic E-state index is -1.52. The fraction of sp³-hybridized carbons (Fsp3) is 0. The van der Waals surface area contributed by atoms with E-state index >= 15 is 0 Å². The molecule has 0 saturated heterocycles. The summed E-state index contributed by atoms with van der Waals surface area (Å²) in [5.41, 5.74) is -1.19. The van der Waals surface area contributed by atoms with Crippen LogP contribution in [0.2, 0.25) is 0 Å². The first-order valence-corrected chi connectivity index (χ1v) is 5.33. The Labute approximate surface area is 110 Å². The van der Waals surface area contributed by atoms with E-state index in [1.165, 1.54) is 0 Å². The van der Waals surface area contributed by atoms with Crippen molar-refractivity contribution in [2.45, 2.75) is 0 Å². The first-order valence-electron chi connectivity index (χ1n) is 5.33. The number of hydrogen-bond acceptors (Lipinski definition) is 2. The third-order valence-electron chi connectivity index (χ3n) is 2.49. The Morgan fingerprint density at radius 3 is 2.15 bits per heavy atom. The van der Waals surface area contributed by atoms with Gasteiger partial charge in [0, 0.05) is 12.1 Å². The molecule has 0 unspecified atom stereocenters. The third kappa shape index (κ3) is 2.71. The van der Waals surface area contributed by atoms with Crippen molar-refractivity contribution in [1.82, 2.24) is 0 Å². The van der Waals surface area contributed by atoms with Crippen LogP contribution >= 0.6 is 0 Å². The Kier molecular flexibility index (Phi) is 3.60. The van der Waals surface area contributed by atoms with Crippen LogP contribution in [0.3, 0.4) is 0 Å². The van der Waals surface area contributed by atoms with Crippen molar-refractivity contribution in [1.29, 1.82) is 0 Å². The smallest absolute Gasteiger partial charge is 0.337 e. The summed E-state index contributed by atoms with van der Waals surface area (Å²) in [6, 6.07) is 3.58. The molecule has 0 saturated carbocycles. The molecule has 0 atom stereocenters. The maximum Gasteiger partial charge on any atom is 0.337 e. The van der Waals surface area contributed by atoms with Crippen LogP contribution in [0.1, 0.15) is 10.4 Å². The first-order chi connectivity index (χ1) is 9.38. The van der Waals surface area contributed by atoms with Gasteiger partial charge in [-0.3, -0.25) is 0 Å². The van der Waals surface area contributed by atoms with Crippen molar-refractivity contribution in [3.05, 3.63) is 59.2 Å². The number of hydrogen-bond donors (Lipinski definition) is 2. The molecule has 20 heavy (non-hydrogen) atoms. The lowest BCUT2D eigenvalue weighted by Crippen LogP contribution is -2.06. The molecular weight excluding hydrogens is 278 g/mol. The van der Waals surface area contributed by atoms with Gasteiger partial charge < -0.3 is 10.4 Å². The summed E-state index contributed by atoms with van der Waals surface area (Å²) in [5, 5.41) is 11.2. The molecule has 0 spiro atoms. The van der Waals surface area contributed by atoms with Crippen LogP contribution in [0.5, 0.6) is 0 Å². The standard InChI is InChI=1S/C13H7F4NO2/c14-6-1-2-11(10(17)3-6)18-12-5-9(16)8(15)4-7(12)13(19)20/h1-5,18H,(H,19,20). The summed E-state index contributed by atoms with van der Waals surface area (Å²) in [7, 11) is 0.